The molecule has 0 aliphatic carbocycles. The van der Waals surface area contributed by atoms with Crippen LogP contribution in [0.2, 0.25) is 0 Å². The Morgan fingerprint density at radius 2 is 2.20 bits per heavy atom. The van der Waals surface area contributed by atoms with E-state index in [-0.39, 0.29) is 0 Å². The van der Waals surface area contributed by atoms with E-state index in [0.29, 0.717) is 6.04 Å². The summed E-state index contributed by atoms with van der Waals surface area (Å²) in [5.74, 6) is 1.86. The topological polar surface area (TPSA) is 32.3 Å². The normalized spacial score (nSPS) is 23.1. The molecule has 2 aromatic heterocycles. The van der Waals surface area contributed by atoms with Crippen molar-refractivity contribution >= 4 is 27.4 Å². The molecular weight excluding hydrogens is 268 g/mol. The molecule has 1 fully saturated rings. The van der Waals surface area contributed by atoms with Crippen LogP contribution >= 0.6 is 11.3 Å². The van der Waals surface area contributed by atoms with Crippen LogP contribution in [0.5, 0.6) is 0 Å². The molecule has 2 atom stereocenters. The minimum absolute atomic E-state index is 0.625. The third kappa shape index (κ3) is 2.40. The van der Waals surface area contributed by atoms with Crippen LogP contribution in [-0.4, -0.2) is 48.1 Å². The summed E-state index contributed by atoms with van der Waals surface area (Å²) in [6.45, 7) is 4.46. The third-order valence-electron chi connectivity index (χ3n) is 4.25. The fourth-order valence-corrected chi connectivity index (χ4v) is 4.13. The molecule has 20 heavy (non-hydrogen) atoms. The van der Waals surface area contributed by atoms with Crippen LogP contribution < -0.4 is 4.90 Å². The number of anilines is 1. The zero-order valence-corrected chi connectivity index (χ0v) is 13.2. The molecule has 4 nitrogen and oxygen atoms in total. The van der Waals surface area contributed by atoms with Gasteiger partial charge in [0.25, 0.3) is 0 Å². The van der Waals surface area contributed by atoms with Gasteiger partial charge >= 0.3 is 0 Å². The van der Waals surface area contributed by atoms with Crippen LogP contribution in [0.15, 0.2) is 17.8 Å². The zero-order valence-electron chi connectivity index (χ0n) is 12.4. The van der Waals surface area contributed by atoms with Crippen molar-refractivity contribution in [3.8, 4) is 0 Å². The lowest BCUT2D eigenvalue weighted by Crippen LogP contribution is -2.35. The molecule has 3 rings (SSSR count). The first-order chi connectivity index (χ1) is 9.70. The summed E-state index contributed by atoms with van der Waals surface area (Å²) in [4.78, 5) is 13.7. The summed E-state index contributed by atoms with van der Waals surface area (Å²) in [5.41, 5.74) is 1.07. The smallest absolute Gasteiger partial charge is 0.150 e. The molecule has 1 aliphatic heterocycles. The lowest BCUT2D eigenvalue weighted by Gasteiger charge is -2.24. The number of nitrogens with zero attached hydrogens (tertiary/aromatic N) is 4. The van der Waals surface area contributed by atoms with Crippen molar-refractivity contribution in [2.45, 2.75) is 25.8 Å². The maximum absolute atomic E-state index is 4.56. The van der Waals surface area contributed by atoms with E-state index in [4.69, 9.17) is 0 Å². The Hall–Kier alpha value is -1.20. The molecule has 1 aliphatic rings. The van der Waals surface area contributed by atoms with Gasteiger partial charge in [0.15, 0.2) is 0 Å². The predicted molar refractivity (Wildman–Crippen MR) is 85.5 cm³/mol. The highest BCUT2D eigenvalue weighted by Crippen LogP contribution is 2.33. The van der Waals surface area contributed by atoms with Crippen molar-refractivity contribution in [1.82, 2.24) is 14.9 Å². The minimum Gasteiger partial charge on any atom is -0.353 e. The lowest BCUT2D eigenvalue weighted by atomic mass is 9.98. The van der Waals surface area contributed by atoms with Crippen LogP contribution in [0.4, 0.5) is 5.82 Å². The van der Waals surface area contributed by atoms with Crippen LogP contribution in [0.1, 0.15) is 19.8 Å². The predicted octanol–water partition coefficient (Wildman–Crippen LogP) is 2.86. The second kappa shape index (κ2) is 5.66. The Morgan fingerprint density at radius 1 is 1.35 bits per heavy atom. The fraction of sp³-hybridized carbons (Fsp3) is 0.600. The average molecular weight is 290 g/mol. The summed E-state index contributed by atoms with van der Waals surface area (Å²) < 4.78 is 1.22. The van der Waals surface area contributed by atoms with E-state index >= 15 is 0 Å². The molecule has 2 aromatic rings. The van der Waals surface area contributed by atoms with E-state index in [0.717, 1.165) is 30.3 Å². The van der Waals surface area contributed by atoms with Gasteiger partial charge < -0.3 is 9.80 Å². The van der Waals surface area contributed by atoms with Crippen molar-refractivity contribution in [1.29, 1.82) is 0 Å². The summed E-state index contributed by atoms with van der Waals surface area (Å²) in [6, 6.07) is 2.70. The molecular formula is C15H22N4S. The number of likely N-dealkylation sites (N-methyl/N-ethyl adjacent to an activating group) is 1. The van der Waals surface area contributed by atoms with Crippen molar-refractivity contribution in [3.63, 3.8) is 0 Å². The molecule has 0 saturated carbocycles. The summed E-state index contributed by atoms with van der Waals surface area (Å²) >= 11 is 1.74. The molecule has 3 heterocycles. The largest absolute Gasteiger partial charge is 0.353 e. The van der Waals surface area contributed by atoms with E-state index < -0.39 is 0 Å². The second-order valence-corrected chi connectivity index (χ2v) is 6.73. The number of thiophene rings is 1. The molecule has 0 aromatic carbocycles. The first kappa shape index (κ1) is 13.8. The molecule has 0 amide bonds. The van der Waals surface area contributed by atoms with E-state index in [1.807, 2.05) is 0 Å². The van der Waals surface area contributed by atoms with E-state index in [9.17, 15) is 0 Å². The van der Waals surface area contributed by atoms with Crippen molar-refractivity contribution in [2.24, 2.45) is 5.92 Å². The maximum Gasteiger partial charge on any atom is 0.150 e. The summed E-state index contributed by atoms with van der Waals surface area (Å²) in [6.07, 6.45) is 4.24. The Morgan fingerprint density at radius 3 is 2.95 bits per heavy atom. The molecule has 0 N–H and O–H groups in total. The highest BCUT2D eigenvalue weighted by molar-refractivity contribution is 7.17. The highest BCUT2D eigenvalue weighted by atomic mass is 32.1. The number of hydrogen-bond donors (Lipinski definition) is 0. The van der Waals surface area contributed by atoms with Gasteiger partial charge in [0.1, 0.15) is 12.1 Å². The van der Waals surface area contributed by atoms with Gasteiger partial charge in [-0.2, -0.15) is 0 Å². The SMILES string of the molecule is CCC[C@H]1CN(c2ncnc3ccsc23)C[C@@H]1N(C)C. The number of rotatable bonds is 4. The van der Waals surface area contributed by atoms with Gasteiger partial charge in [-0.3, -0.25) is 0 Å². The number of hydrogen-bond acceptors (Lipinski definition) is 5. The van der Waals surface area contributed by atoms with E-state index in [1.54, 1.807) is 17.7 Å². The van der Waals surface area contributed by atoms with Gasteiger partial charge in [-0.25, -0.2) is 9.97 Å². The van der Waals surface area contributed by atoms with Crippen molar-refractivity contribution in [2.75, 3.05) is 32.1 Å². The van der Waals surface area contributed by atoms with Gasteiger partial charge in [0.2, 0.25) is 0 Å². The Balaban J connectivity index is 1.90. The van der Waals surface area contributed by atoms with E-state index in [1.165, 1.54) is 17.5 Å². The van der Waals surface area contributed by atoms with Crippen LogP contribution in [0.25, 0.3) is 10.2 Å². The quantitative estimate of drug-likeness (QED) is 0.867. The number of aromatic nitrogens is 2. The summed E-state index contributed by atoms with van der Waals surface area (Å²) in [7, 11) is 4.38. The molecule has 1 saturated heterocycles. The molecule has 0 radical (unpaired) electrons. The highest BCUT2D eigenvalue weighted by Gasteiger charge is 2.34. The Kier molecular flexibility index (Phi) is 3.89. The van der Waals surface area contributed by atoms with Gasteiger partial charge in [-0.15, -0.1) is 11.3 Å². The Bertz CT molecular complexity index is 580. The Labute approximate surface area is 124 Å². The van der Waals surface area contributed by atoms with E-state index in [2.05, 4.69) is 52.2 Å². The molecule has 108 valence electrons. The average Bonchev–Trinajstić information content (AvgIpc) is 3.04. The van der Waals surface area contributed by atoms with Gasteiger partial charge in [0.05, 0.1) is 10.2 Å². The van der Waals surface area contributed by atoms with Crippen LogP contribution in [0.3, 0.4) is 0 Å². The number of fused-ring (bicyclic) bond motifs is 1. The zero-order chi connectivity index (χ0) is 14.1. The first-order valence-corrected chi connectivity index (χ1v) is 8.18. The van der Waals surface area contributed by atoms with Crippen LogP contribution in [-0.2, 0) is 0 Å². The standard InChI is InChI=1S/C15H22N4S/c1-4-5-11-8-19(9-13(11)18(2)3)15-14-12(6-7-20-14)16-10-17-15/h6-7,10-11,13H,4-5,8-9H2,1-3H3/t11-,13-/m0/s1. The molecule has 0 spiro atoms. The second-order valence-electron chi connectivity index (χ2n) is 5.82. The van der Waals surface area contributed by atoms with Crippen LogP contribution in [0, 0.1) is 5.92 Å². The lowest BCUT2D eigenvalue weighted by molar-refractivity contribution is 0.246. The molecule has 0 unspecified atom stereocenters. The monoisotopic (exact) mass is 290 g/mol. The maximum atomic E-state index is 4.56. The fourth-order valence-electron chi connectivity index (χ4n) is 3.27. The van der Waals surface area contributed by atoms with Gasteiger partial charge in [0, 0.05) is 19.1 Å². The molecule has 5 heteroatoms. The minimum atomic E-state index is 0.625. The van der Waals surface area contributed by atoms with Crippen molar-refractivity contribution in [3.05, 3.63) is 17.8 Å². The molecule has 0 bridgehead atoms. The van der Waals surface area contributed by atoms with Gasteiger partial charge in [-0.1, -0.05) is 13.3 Å². The van der Waals surface area contributed by atoms with Gasteiger partial charge in [-0.05, 0) is 37.9 Å². The first-order valence-electron chi connectivity index (χ1n) is 7.30. The van der Waals surface area contributed by atoms with Crippen molar-refractivity contribution < 1.29 is 0 Å². The summed E-state index contributed by atoms with van der Waals surface area (Å²) in [5, 5.41) is 2.10. The third-order valence-corrected chi connectivity index (χ3v) is 5.15.